The summed E-state index contributed by atoms with van der Waals surface area (Å²) < 4.78 is 52.0. The van der Waals surface area contributed by atoms with E-state index in [0.29, 0.717) is 37.7 Å². The van der Waals surface area contributed by atoms with Crippen molar-refractivity contribution in [3.8, 4) is 0 Å². The van der Waals surface area contributed by atoms with Gasteiger partial charge < -0.3 is 10.0 Å². The largest absolute Gasteiger partial charge is 0.419 e. The molecule has 1 aliphatic carbocycles. The highest BCUT2D eigenvalue weighted by Crippen LogP contribution is 2.37. The molecular formula is C17H20F4N2O2. The number of aliphatic hydroxyl groups is 1. The first-order valence-electron chi connectivity index (χ1n) is 8.21. The Bertz CT molecular complexity index is 655. The Balaban J connectivity index is 1.76. The van der Waals surface area contributed by atoms with E-state index in [4.69, 9.17) is 0 Å². The lowest BCUT2D eigenvalue weighted by atomic mass is 10.0. The van der Waals surface area contributed by atoms with E-state index in [9.17, 15) is 27.5 Å². The molecule has 138 valence electrons. The molecule has 1 saturated heterocycles. The summed E-state index contributed by atoms with van der Waals surface area (Å²) in [5, 5.41) is 9.38. The lowest BCUT2D eigenvalue weighted by molar-refractivity contribution is -0.140. The van der Waals surface area contributed by atoms with Gasteiger partial charge in [-0.05, 0) is 37.0 Å². The summed E-state index contributed by atoms with van der Waals surface area (Å²) in [6.45, 7) is 1.66. The number of hydrogen-bond acceptors (Lipinski definition) is 3. The molecule has 1 aromatic rings. The van der Waals surface area contributed by atoms with E-state index in [2.05, 4.69) is 0 Å². The van der Waals surface area contributed by atoms with E-state index in [1.54, 1.807) is 7.05 Å². The molecule has 1 heterocycles. The standard InChI is InChI=1S/C17H20F4N2O2/c1-22(15(10-2-3-10)9-23-7-12(24)8-23)16(25)11-4-5-14(18)13(6-11)17(19,20)21/h4-6,10,12,15,24H,2-3,7-9H2,1H3/t15-/m1/s1. The molecule has 0 spiro atoms. The summed E-state index contributed by atoms with van der Waals surface area (Å²) >= 11 is 0. The number of carbonyl (C=O) groups is 1. The number of alkyl halides is 3. The van der Waals surface area contributed by atoms with Gasteiger partial charge in [0.2, 0.25) is 0 Å². The van der Waals surface area contributed by atoms with Crippen LogP contribution in [0, 0.1) is 11.7 Å². The lowest BCUT2D eigenvalue weighted by Gasteiger charge is -2.40. The topological polar surface area (TPSA) is 43.8 Å². The van der Waals surface area contributed by atoms with Gasteiger partial charge in [-0.15, -0.1) is 0 Å². The van der Waals surface area contributed by atoms with Gasteiger partial charge in [0.25, 0.3) is 5.91 Å². The number of aliphatic hydroxyl groups excluding tert-OH is 1. The highest BCUT2D eigenvalue weighted by Gasteiger charge is 2.40. The molecule has 2 aliphatic rings. The van der Waals surface area contributed by atoms with Crippen LogP contribution in [0.15, 0.2) is 18.2 Å². The van der Waals surface area contributed by atoms with Crippen molar-refractivity contribution in [2.24, 2.45) is 5.92 Å². The minimum absolute atomic E-state index is 0.126. The lowest BCUT2D eigenvalue weighted by Crippen LogP contribution is -2.56. The summed E-state index contributed by atoms with van der Waals surface area (Å²) in [5.41, 5.74) is -1.61. The van der Waals surface area contributed by atoms with Gasteiger partial charge in [0.05, 0.1) is 11.7 Å². The number of carbonyl (C=O) groups excluding carboxylic acids is 1. The van der Waals surface area contributed by atoms with Crippen molar-refractivity contribution in [1.29, 1.82) is 0 Å². The molecule has 0 bridgehead atoms. The van der Waals surface area contributed by atoms with Gasteiger partial charge in [0, 0.05) is 38.3 Å². The van der Waals surface area contributed by atoms with E-state index in [-0.39, 0.29) is 17.7 Å². The number of hydrogen-bond donors (Lipinski definition) is 1. The number of halogens is 4. The van der Waals surface area contributed by atoms with Crippen molar-refractivity contribution < 1.29 is 27.5 Å². The van der Waals surface area contributed by atoms with Crippen LogP contribution in [-0.2, 0) is 6.18 Å². The molecule has 1 atom stereocenters. The Morgan fingerprint density at radius 3 is 2.52 bits per heavy atom. The molecule has 0 unspecified atom stereocenters. The van der Waals surface area contributed by atoms with Gasteiger partial charge in [-0.25, -0.2) is 4.39 Å². The second kappa shape index (κ2) is 6.57. The zero-order valence-corrected chi connectivity index (χ0v) is 13.8. The van der Waals surface area contributed by atoms with Gasteiger partial charge in [0.15, 0.2) is 0 Å². The van der Waals surface area contributed by atoms with Crippen LogP contribution in [0.3, 0.4) is 0 Å². The van der Waals surface area contributed by atoms with Gasteiger partial charge in [0.1, 0.15) is 5.82 Å². The van der Waals surface area contributed by atoms with Crippen LogP contribution < -0.4 is 0 Å². The molecule has 3 rings (SSSR count). The monoisotopic (exact) mass is 360 g/mol. The average Bonchev–Trinajstić information content (AvgIpc) is 3.33. The fraction of sp³-hybridized carbons (Fsp3) is 0.588. The molecule has 1 aromatic carbocycles. The Hall–Kier alpha value is -1.67. The molecule has 1 amide bonds. The van der Waals surface area contributed by atoms with Gasteiger partial charge >= 0.3 is 6.18 Å². The highest BCUT2D eigenvalue weighted by atomic mass is 19.4. The molecule has 0 aromatic heterocycles. The molecule has 4 nitrogen and oxygen atoms in total. The zero-order chi connectivity index (χ0) is 18.4. The van der Waals surface area contributed by atoms with E-state index >= 15 is 0 Å². The number of likely N-dealkylation sites (N-methyl/N-ethyl adjacent to an activating group) is 1. The minimum atomic E-state index is -4.84. The fourth-order valence-electron chi connectivity index (χ4n) is 3.25. The minimum Gasteiger partial charge on any atom is -0.390 e. The zero-order valence-electron chi connectivity index (χ0n) is 13.8. The van der Waals surface area contributed by atoms with Crippen molar-refractivity contribution in [2.45, 2.75) is 31.2 Å². The molecule has 2 fully saturated rings. The van der Waals surface area contributed by atoms with Crippen LogP contribution in [0.2, 0.25) is 0 Å². The van der Waals surface area contributed by atoms with E-state index < -0.39 is 23.5 Å². The Labute approximate surface area is 143 Å². The van der Waals surface area contributed by atoms with Gasteiger partial charge in [-0.1, -0.05) is 0 Å². The quantitative estimate of drug-likeness (QED) is 0.820. The molecule has 1 saturated carbocycles. The first-order valence-corrected chi connectivity index (χ1v) is 8.21. The first-order chi connectivity index (χ1) is 11.7. The summed E-state index contributed by atoms with van der Waals surface area (Å²) in [7, 11) is 1.57. The molecule has 0 radical (unpaired) electrons. The fourth-order valence-corrected chi connectivity index (χ4v) is 3.25. The Morgan fingerprint density at radius 1 is 1.36 bits per heavy atom. The number of amides is 1. The first kappa shape index (κ1) is 18.1. The van der Waals surface area contributed by atoms with E-state index in [1.165, 1.54) is 4.90 Å². The number of likely N-dealkylation sites (tertiary alicyclic amines) is 1. The molecule has 1 N–H and O–H groups in total. The van der Waals surface area contributed by atoms with Crippen LogP contribution in [-0.4, -0.2) is 59.6 Å². The Kier molecular flexibility index (Phi) is 4.76. The summed E-state index contributed by atoms with van der Waals surface area (Å²) in [6.07, 6.45) is -3.26. The highest BCUT2D eigenvalue weighted by molar-refractivity contribution is 5.94. The third-order valence-corrected chi connectivity index (χ3v) is 4.89. The smallest absolute Gasteiger partial charge is 0.390 e. The molecular weight excluding hydrogens is 340 g/mol. The maximum atomic E-state index is 13.4. The summed E-state index contributed by atoms with van der Waals surface area (Å²) in [5.74, 6) is -1.63. The van der Waals surface area contributed by atoms with Crippen molar-refractivity contribution >= 4 is 5.91 Å². The normalized spacial score (nSPS) is 20.2. The van der Waals surface area contributed by atoms with Crippen molar-refractivity contribution in [2.75, 3.05) is 26.7 Å². The summed E-state index contributed by atoms with van der Waals surface area (Å²) in [6, 6.07) is 2.22. The van der Waals surface area contributed by atoms with Crippen LogP contribution >= 0.6 is 0 Å². The van der Waals surface area contributed by atoms with Crippen LogP contribution in [0.25, 0.3) is 0 Å². The van der Waals surface area contributed by atoms with Crippen molar-refractivity contribution in [3.05, 3.63) is 35.1 Å². The van der Waals surface area contributed by atoms with Gasteiger partial charge in [-0.2, -0.15) is 13.2 Å². The van der Waals surface area contributed by atoms with Crippen LogP contribution in [0.4, 0.5) is 17.6 Å². The third-order valence-electron chi connectivity index (χ3n) is 4.89. The maximum Gasteiger partial charge on any atom is 0.419 e. The number of benzene rings is 1. The molecule has 25 heavy (non-hydrogen) atoms. The van der Waals surface area contributed by atoms with Crippen molar-refractivity contribution in [1.82, 2.24) is 9.80 Å². The molecule has 1 aliphatic heterocycles. The second-order valence-electron chi connectivity index (χ2n) is 6.89. The van der Waals surface area contributed by atoms with Crippen LogP contribution in [0.1, 0.15) is 28.8 Å². The van der Waals surface area contributed by atoms with E-state index in [1.807, 2.05) is 4.90 Å². The van der Waals surface area contributed by atoms with Crippen LogP contribution in [0.5, 0.6) is 0 Å². The van der Waals surface area contributed by atoms with Gasteiger partial charge in [-0.3, -0.25) is 9.69 Å². The maximum absolute atomic E-state index is 13.4. The average molecular weight is 360 g/mol. The number of β-amino-alcohol motifs (C(OH)–C–C–N with tert-alkyl or cyclic N) is 1. The summed E-state index contributed by atoms with van der Waals surface area (Å²) in [4.78, 5) is 16.1. The Morgan fingerprint density at radius 2 is 2.00 bits per heavy atom. The van der Waals surface area contributed by atoms with Crippen molar-refractivity contribution in [3.63, 3.8) is 0 Å². The van der Waals surface area contributed by atoms with E-state index in [0.717, 1.165) is 18.9 Å². The SMILES string of the molecule is CN(C(=O)c1ccc(F)c(C(F)(F)F)c1)[C@H](CN1CC(O)C1)C1CC1. The second-order valence-corrected chi connectivity index (χ2v) is 6.89. The molecule has 8 heteroatoms. The number of nitrogens with zero attached hydrogens (tertiary/aromatic N) is 2. The third kappa shape index (κ3) is 3.95. The predicted octanol–water partition coefficient (Wildman–Crippen LogP) is 2.37. The number of rotatable bonds is 5. The predicted molar refractivity (Wildman–Crippen MR) is 82.5 cm³/mol.